The van der Waals surface area contributed by atoms with E-state index in [-0.39, 0.29) is 0 Å². The maximum atomic E-state index is 12.1. The highest BCUT2D eigenvalue weighted by Gasteiger charge is 2.36. The molecule has 0 bridgehead atoms. The number of nitrogen functional groups attached to an aromatic ring is 1. The van der Waals surface area contributed by atoms with E-state index < -0.39 is 37.4 Å². The van der Waals surface area contributed by atoms with Gasteiger partial charge in [-0.15, -0.1) is 13.2 Å². The molecule has 0 saturated carbocycles. The van der Waals surface area contributed by atoms with Gasteiger partial charge in [0.2, 0.25) is 5.03 Å². The smallest absolute Gasteiger partial charge is 0.401 e. The molecule has 0 atom stereocenters. The predicted octanol–water partition coefficient (Wildman–Crippen LogP) is 1.36. The Morgan fingerprint density at radius 1 is 1.50 bits per heavy atom. The van der Waals surface area contributed by atoms with Gasteiger partial charge in [-0.3, -0.25) is 0 Å². The number of halogens is 4. The Kier molecular flexibility index (Phi) is 3.59. The molecule has 18 heavy (non-hydrogen) atoms. The monoisotopic (exact) mass is 301 g/mol. The molecule has 0 aromatic carbocycles. The Labute approximate surface area is 103 Å². The van der Waals surface area contributed by atoms with E-state index in [0.29, 0.717) is 6.20 Å². The van der Waals surface area contributed by atoms with Crippen molar-refractivity contribution in [2.24, 2.45) is 0 Å². The van der Waals surface area contributed by atoms with Crippen LogP contribution in [0.25, 0.3) is 0 Å². The number of aromatic nitrogens is 1. The van der Waals surface area contributed by atoms with Gasteiger partial charge in [-0.2, -0.15) is 5.26 Å². The fraction of sp³-hybridized carbons (Fsp3) is 0.143. The number of nitriles is 1. The number of pyridine rings is 1. The van der Waals surface area contributed by atoms with Crippen LogP contribution >= 0.6 is 10.7 Å². The molecule has 1 aromatic heterocycles. The lowest BCUT2D eigenvalue weighted by atomic mass is 10.2. The van der Waals surface area contributed by atoms with Gasteiger partial charge in [-0.1, -0.05) is 0 Å². The molecule has 1 aromatic rings. The molecule has 0 aliphatic rings. The Bertz CT molecular complexity index is 623. The summed E-state index contributed by atoms with van der Waals surface area (Å²) in [6.45, 7) is 0. The second-order valence-corrected chi connectivity index (χ2v) is 5.30. The van der Waals surface area contributed by atoms with Crippen LogP contribution in [0.4, 0.5) is 18.9 Å². The Hall–Kier alpha value is -1.73. The summed E-state index contributed by atoms with van der Waals surface area (Å²) >= 11 is 0. The molecule has 0 spiro atoms. The molecule has 11 heteroatoms. The van der Waals surface area contributed by atoms with Crippen LogP contribution < -0.4 is 10.5 Å². The zero-order valence-electron chi connectivity index (χ0n) is 8.19. The van der Waals surface area contributed by atoms with Gasteiger partial charge in [0.1, 0.15) is 11.6 Å². The van der Waals surface area contributed by atoms with Crippen LogP contribution in [0.15, 0.2) is 11.2 Å². The van der Waals surface area contributed by atoms with Gasteiger partial charge in [0, 0.05) is 10.7 Å². The highest BCUT2D eigenvalue weighted by Crippen LogP contribution is 2.35. The molecular weight excluding hydrogens is 299 g/mol. The number of rotatable bonds is 2. The summed E-state index contributed by atoms with van der Waals surface area (Å²) in [4.78, 5) is 3.12. The van der Waals surface area contributed by atoms with Crippen LogP contribution in [0.5, 0.6) is 5.75 Å². The van der Waals surface area contributed by atoms with Crippen LogP contribution in [0.1, 0.15) is 5.56 Å². The Morgan fingerprint density at radius 2 is 2.06 bits per heavy atom. The summed E-state index contributed by atoms with van der Waals surface area (Å²) in [5.41, 5.74) is 3.90. The van der Waals surface area contributed by atoms with Crippen molar-refractivity contribution in [3.05, 3.63) is 11.8 Å². The standard InChI is InChI=1S/C7H3ClF3N3O3S/c8-18(15,16)6-5(17-7(9,10)11)3(1-12)4(13)2-14-6/h2H,13H2. The lowest BCUT2D eigenvalue weighted by Crippen LogP contribution is -2.20. The molecule has 0 saturated heterocycles. The fourth-order valence-electron chi connectivity index (χ4n) is 0.989. The van der Waals surface area contributed by atoms with Crippen molar-refractivity contribution >= 4 is 25.4 Å². The van der Waals surface area contributed by atoms with E-state index in [2.05, 4.69) is 9.72 Å². The second-order valence-electron chi connectivity index (χ2n) is 2.82. The SMILES string of the molecule is N#Cc1c(N)cnc(S(=O)(=O)Cl)c1OC(F)(F)F. The lowest BCUT2D eigenvalue weighted by molar-refractivity contribution is -0.275. The maximum absolute atomic E-state index is 12.1. The number of alkyl halides is 3. The minimum atomic E-state index is -5.22. The van der Waals surface area contributed by atoms with Crippen molar-refractivity contribution in [3.63, 3.8) is 0 Å². The number of nitrogens with zero attached hydrogens (tertiary/aromatic N) is 2. The molecular formula is C7H3ClF3N3O3S. The number of hydrogen-bond acceptors (Lipinski definition) is 6. The van der Waals surface area contributed by atoms with Crippen molar-refractivity contribution in [1.82, 2.24) is 4.98 Å². The normalized spacial score (nSPS) is 11.9. The average Bonchev–Trinajstić information content (AvgIpc) is 2.13. The first kappa shape index (κ1) is 14.3. The van der Waals surface area contributed by atoms with Crippen molar-refractivity contribution in [2.45, 2.75) is 11.4 Å². The molecule has 0 radical (unpaired) electrons. The number of ether oxygens (including phenoxy) is 1. The van der Waals surface area contributed by atoms with Crippen LogP contribution in [0.3, 0.4) is 0 Å². The van der Waals surface area contributed by atoms with Gasteiger partial charge < -0.3 is 10.5 Å². The number of hydrogen-bond donors (Lipinski definition) is 1. The minimum absolute atomic E-state index is 0.471. The van der Waals surface area contributed by atoms with Gasteiger partial charge in [-0.25, -0.2) is 13.4 Å². The van der Waals surface area contributed by atoms with Crippen molar-refractivity contribution in [1.29, 1.82) is 5.26 Å². The Morgan fingerprint density at radius 3 is 2.44 bits per heavy atom. The molecule has 1 heterocycles. The Balaban J connectivity index is 3.62. The summed E-state index contributed by atoms with van der Waals surface area (Å²) < 4.78 is 61.8. The maximum Gasteiger partial charge on any atom is 0.573 e. The summed E-state index contributed by atoms with van der Waals surface area (Å²) in [6.07, 6.45) is -4.53. The van der Waals surface area contributed by atoms with E-state index in [1.807, 2.05) is 0 Å². The third-order valence-corrected chi connectivity index (χ3v) is 2.78. The van der Waals surface area contributed by atoms with Gasteiger partial charge in [-0.05, 0) is 0 Å². The van der Waals surface area contributed by atoms with E-state index in [1.165, 1.54) is 6.07 Å². The first-order chi connectivity index (χ1) is 8.06. The molecule has 1 rings (SSSR count). The fourth-order valence-corrected chi connectivity index (χ4v) is 1.86. The second kappa shape index (κ2) is 4.51. The summed E-state index contributed by atoms with van der Waals surface area (Å²) in [6, 6.07) is 1.29. The molecule has 98 valence electrons. The number of anilines is 1. The van der Waals surface area contributed by atoms with E-state index in [4.69, 9.17) is 21.7 Å². The average molecular weight is 302 g/mol. The van der Waals surface area contributed by atoms with Crippen LogP contribution in [-0.2, 0) is 9.05 Å². The molecule has 6 nitrogen and oxygen atoms in total. The van der Waals surface area contributed by atoms with Crippen LogP contribution in [-0.4, -0.2) is 19.8 Å². The first-order valence-corrected chi connectivity index (χ1v) is 6.26. The van der Waals surface area contributed by atoms with Crippen LogP contribution in [0.2, 0.25) is 0 Å². The quantitative estimate of drug-likeness (QED) is 0.827. The van der Waals surface area contributed by atoms with E-state index in [1.54, 1.807) is 0 Å². The summed E-state index contributed by atoms with van der Waals surface area (Å²) in [7, 11) is 0.260. The van der Waals surface area contributed by atoms with Gasteiger partial charge in [0.25, 0.3) is 9.05 Å². The van der Waals surface area contributed by atoms with Crippen molar-refractivity contribution in [2.75, 3.05) is 5.73 Å². The minimum Gasteiger partial charge on any atom is -0.401 e. The van der Waals surface area contributed by atoms with Crippen molar-refractivity contribution < 1.29 is 26.3 Å². The molecule has 0 unspecified atom stereocenters. The highest BCUT2D eigenvalue weighted by atomic mass is 35.7. The molecule has 0 aliphatic carbocycles. The van der Waals surface area contributed by atoms with Gasteiger partial charge in [0.15, 0.2) is 5.75 Å². The first-order valence-electron chi connectivity index (χ1n) is 3.95. The number of nitrogens with two attached hydrogens (primary N) is 1. The molecule has 2 N–H and O–H groups in total. The molecule has 0 amide bonds. The zero-order valence-corrected chi connectivity index (χ0v) is 9.77. The summed E-state index contributed by atoms with van der Waals surface area (Å²) in [5, 5.41) is 7.41. The topological polar surface area (TPSA) is 106 Å². The van der Waals surface area contributed by atoms with E-state index in [0.717, 1.165) is 0 Å². The largest absolute Gasteiger partial charge is 0.573 e. The molecule has 0 fully saturated rings. The lowest BCUT2D eigenvalue weighted by Gasteiger charge is -2.13. The molecule has 0 aliphatic heterocycles. The highest BCUT2D eigenvalue weighted by molar-refractivity contribution is 8.13. The zero-order chi connectivity index (χ0) is 14.1. The summed E-state index contributed by atoms with van der Waals surface area (Å²) in [5.74, 6) is -1.35. The van der Waals surface area contributed by atoms with Crippen LogP contribution in [0, 0.1) is 11.3 Å². The van der Waals surface area contributed by atoms with Gasteiger partial charge in [0.05, 0.1) is 11.9 Å². The third kappa shape index (κ3) is 3.14. The van der Waals surface area contributed by atoms with E-state index in [9.17, 15) is 21.6 Å². The third-order valence-electron chi connectivity index (χ3n) is 1.59. The van der Waals surface area contributed by atoms with Crippen molar-refractivity contribution in [3.8, 4) is 11.8 Å². The van der Waals surface area contributed by atoms with E-state index >= 15 is 0 Å². The van der Waals surface area contributed by atoms with Gasteiger partial charge >= 0.3 is 6.36 Å². The predicted molar refractivity (Wildman–Crippen MR) is 53.1 cm³/mol.